The van der Waals surface area contributed by atoms with Crippen LogP contribution < -0.4 is 5.32 Å². The zero-order valence-electron chi connectivity index (χ0n) is 10.4. The van der Waals surface area contributed by atoms with Crippen LogP contribution in [0.1, 0.15) is 6.92 Å². The number of fused-ring (bicyclic) bond motifs is 1. The van der Waals surface area contributed by atoms with E-state index in [0.717, 1.165) is 11.8 Å². The Morgan fingerprint density at radius 3 is 2.60 bits per heavy atom. The summed E-state index contributed by atoms with van der Waals surface area (Å²) in [5.74, 6) is 0. The number of ether oxygens (including phenoxy) is 1. The molecule has 0 bridgehead atoms. The third-order valence-corrected chi connectivity index (χ3v) is 4.21. The van der Waals surface area contributed by atoms with Gasteiger partial charge in [0.2, 0.25) is 0 Å². The van der Waals surface area contributed by atoms with Crippen LogP contribution in [0.2, 0.25) is 0 Å². The maximum Gasteiger partial charge on any atom is 0.417 e. The number of nitrogens with zero attached hydrogens (tertiary/aromatic N) is 1. The minimum Gasteiger partial charge on any atom is -0.388 e. The SMILES string of the molecule is CCN=C1N[C@H]2[C@H](O)[C@H](O)[C@@H]([C@@H](O)C(F)(F)F)O[C@H]2S1. The van der Waals surface area contributed by atoms with Crippen LogP contribution in [-0.4, -0.2) is 69.1 Å². The number of aliphatic hydroxyl groups excluding tert-OH is 3. The van der Waals surface area contributed by atoms with Gasteiger partial charge in [0.25, 0.3) is 0 Å². The van der Waals surface area contributed by atoms with Crippen LogP contribution in [0.15, 0.2) is 4.99 Å². The molecule has 4 N–H and O–H groups in total. The first kappa shape index (κ1) is 15.8. The van der Waals surface area contributed by atoms with Crippen LogP contribution in [0.4, 0.5) is 13.2 Å². The number of nitrogens with one attached hydrogen (secondary N) is 1. The van der Waals surface area contributed by atoms with Gasteiger partial charge in [0.1, 0.15) is 23.7 Å². The Kier molecular flexibility index (Phi) is 4.50. The first-order valence-corrected chi connectivity index (χ1v) is 6.87. The van der Waals surface area contributed by atoms with Crippen molar-refractivity contribution in [2.24, 2.45) is 4.99 Å². The minimum atomic E-state index is -4.94. The van der Waals surface area contributed by atoms with Gasteiger partial charge in [0.15, 0.2) is 11.3 Å². The summed E-state index contributed by atoms with van der Waals surface area (Å²) in [5, 5.41) is 32.0. The third kappa shape index (κ3) is 2.89. The lowest BCUT2D eigenvalue weighted by Gasteiger charge is -2.40. The summed E-state index contributed by atoms with van der Waals surface area (Å²) in [5.41, 5.74) is -0.847. The average Bonchev–Trinajstić information content (AvgIpc) is 2.75. The van der Waals surface area contributed by atoms with E-state index in [9.17, 15) is 28.5 Å². The molecular weight excluding hydrogens is 301 g/mol. The summed E-state index contributed by atoms with van der Waals surface area (Å²) in [6, 6.07) is -0.767. The number of rotatable bonds is 2. The van der Waals surface area contributed by atoms with Gasteiger partial charge in [-0.3, -0.25) is 4.99 Å². The van der Waals surface area contributed by atoms with E-state index in [2.05, 4.69) is 10.3 Å². The van der Waals surface area contributed by atoms with Gasteiger partial charge in [0, 0.05) is 6.54 Å². The fourth-order valence-corrected chi connectivity index (χ4v) is 3.29. The van der Waals surface area contributed by atoms with E-state index in [4.69, 9.17) is 4.74 Å². The predicted octanol–water partition coefficient (Wildman–Crippen LogP) is -0.563. The molecule has 6 atom stereocenters. The van der Waals surface area contributed by atoms with E-state index in [1.54, 1.807) is 6.92 Å². The van der Waals surface area contributed by atoms with Gasteiger partial charge < -0.3 is 25.4 Å². The van der Waals surface area contributed by atoms with Crippen LogP contribution in [0, 0.1) is 0 Å². The molecule has 0 radical (unpaired) electrons. The Hall–Kier alpha value is -0.550. The van der Waals surface area contributed by atoms with Crippen molar-refractivity contribution in [3.8, 4) is 0 Å². The number of thioether (sulfide) groups is 1. The number of hydrogen-bond acceptors (Lipinski definition) is 6. The fraction of sp³-hybridized carbons (Fsp3) is 0.900. The Morgan fingerprint density at radius 1 is 1.40 bits per heavy atom. The molecule has 0 saturated carbocycles. The highest BCUT2D eigenvalue weighted by atomic mass is 32.2. The largest absolute Gasteiger partial charge is 0.417 e. The molecule has 0 spiro atoms. The van der Waals surface area contributed by atoms with Crippen molar-refractivity contribution in [1.82, 2.24) is 5.32 Å². The van der Waals surface area contributed by atoms with E-state index in [-0.39, 0.29) is 0 Å². The zero-order chi connectivity index (χ0) is 15.1. The smallest absolute Gasteiger partial charge is 0.388 e. The standard InChI is InChI=1S/C10H15F3N2O4S/c1-2-14-9-15-3-4(16)5(17)6(19-8(3)20-9)7(18)10(11,12)13/h3-8,16-18H,2H2,1H3,(H,14,15)/t3-,4-,5-,6-,7+,8-/m0/s1. The molecule has 6 nitrogen and oxygen atoms in total. The van der Waals surface area contributed by atoms with Crippen molar-refractivity contribution in [3.05, 3.63) is 0 Å². The number of amidine groups is 1. The van der Waals surface area contributed by atoms with E-state index in [1.165, 1.54) is 0 Å². The summed E-state index contributed by atoms with van der Waals surface area (Å²) in [4.78, 5) is 4.04. The molecule has 20 heavy (non-hydrogen) atoms. The second-order valence-electron chi connectivity index (χ2n) is 4.50. The quantitative estimate of drug-likeness (QED) is 0.545. The molecule has 0 aromatic heterocycles. The molecular formula is C10H15F3N2O4S. The maximum atomic E-state index is 12.5. The van der Waals surface area contributed by atoms with Crippen LogP contribution in [0.3, 0.4) is 0 Å². The van der Waals surface area contributed by atoms with E-state index in [0.29, 0.717) is 11.7 Å². The lowest BCUT2D eigenvalue weighted by Crippen LogP contribution is -2.63. The average molecular weight is 316 g/mol. The van der Waals surface area contributed by atoms with Crippen molar-refractivity contribution < 1.29 is 33.2 Å². The van der Waals surface area contributed by atoms with Gasteiger partial charge in [-0.15, -0.1) is 0 Å². The number of hydrogen-bond donors (Lipinski definition) is 4. The zero-order valence-corrected chi connectivity index (χ0v) is 11.2. The summed E-state index contributed by atoms with van der Waals surface area (Å²) in [7, 11) is 0. The molecule has 10 heteroatoms. The van der Waals surface area contributed by atoms with Crippen molar-refractivity contribution in [2.75, 3.05) is 6.54 Å². The Labute approximate surface area is 117 Å². The molecule has 0 unspecified atom stereocenters. The number of aliphatic imine (C=N–C) groups is 1. The Morgan fingerprint density at radius 2 is 2.05 bits per heavy atom. The molecule has 2 aliphatic rings. The lowest BCUT2D eigenvalue weighted by molar-refractivity contribution is -0.272. The highest BCUT2D eigenvalue weighted by molar-refractivity contribution is 8.14. The van der Waals surface area contributed by atoms with Gasteiger partial charge in [-0.25, -0.2) is 0 Å². The first-order chi connectivity index (χ1) is 9.25. The van der Waals surface area contributed by atoms with Gasteiger partial charge in [-0.1, -0.05) is 11.8 Å². The maximum absolute atomic E-state index is 12.5. The molecule has 2 heterocycles. The van der Waals surface area contributed by atoms with Crippen molar-refractivity contribution in [2.45, 2.75) is 49.0 Å². The summed E-state index contributed by atoms with van der Waals surface area (Å²) < 4.78 is 42.6. The van der Waals surface area contributed by atoms with Crippen LogP contribution in [0.5, 0.6) is 0 Å². The number of alkyl halides is 3. The second-order valence-corrected chi connectivity index (χ2v) is 5.59. The molecule has 0 aromatic carbocycles. The fourth-order valence-electron chi connectivity index (χ4n) is 2.10. The van der Waals surface area contributed by atoms with Crippen molar-refractivity contribution in [3.63, 3.8) is 0 Å². The minimum absolute atomic E-state index is 0.427. The van der Waals surface area contributed by atoms with Crippen molar-refractivity contribution in [1.29, 1.82) is 0 Å². The molecule has 2 fully saturated rings. The Balaban J connectivity index is 2.15. The van der Waals surface area contributed by atoms with Crippen LogP contribution >= 0.6 is 11.8 Å². The molecule has 116 valence electrons. The van der Waals surface area contributed by atoms with Gasteiger partial charge >= 0.3 is 6.18 Å². The number of aliphatic hydroxyl groups is 3. The first-order valence-electron chi connectivity index (χ1n) is 5.99. The van der Waals surface area contributed by atoms with Gasteiger partial charge in [-0.2, -0.15) is 13.2 Å². The molecule has 0 amide bonds. The summed E-state index contributed by atoms with van der Waals surface area (Å²) >= 11 is 1.02. The van der Waals surface area contributed by atoms with Crippen LogP contribution in [-0.2, 0) is 4.74 Å². The van der Waals surface area contributed by atoms with Crippen LogP contribution in [0.25, 0.3) is 0 Å². The van der Waals surface area contributed by atoms with E-state index >= 15 is 0 Å². The molecule has 2 saturated heterocycles. The lowest BCUT2D eigenvalue weighted by atomic mass is 9.94. The molecule has 2 aliphatic heterocycles. The highest BCUT2D eigenvalue weighted by Crippen LogP contribution is 2.37. The predicted molar refractivity (Wildman–Crippen MR) is 65.2 cm³/mol. The second kappa shape index (κ2) is 5.68. The highest BCUT2D eigenvalue weighted by Gasteiger charge is 2.56. The number of halogens is 3. The third-order valence-electron chi connectivity index (χ3n) is 3.11. The van der Waals surface area contributed by atoms with E-state index in [1.807, 2.05) is 0 Å². The Bertz CT molecular complexity index is 395. The normalized spacial score (nSPS) is 41.4. The molecule has 0 aromatic rings. The summed E-state index contributed by atoms with van der Waals surface area (Å²) in [6.07, 6.45) is -13.1. The van der Waals surface area contributed by atoms with Crippen molar-refractivity contribution >= 4 is 16.9 Å². The monoisotopic (exact) mass is 316 g/mol. The summed E-state index contributed by atoms with van der Waals surface area (Å²) in [6.45, 7) is 2.24. The van der Waals surface area contributed by atoms with E-state index < -0.39 is 42.1 Å². The molecule has 2 rings (SSSR count). The van der Waals surface area contributed by atoms with Gasteiger partial charge in [-0.05, 0) is 6.92 Å². The molecule has 0 aliphatic carbocycles. The van der Waals surface area contributed by atoms with Gasteiger partial charge in [0.05, 0.1) is 6.04 Å². The topological polar surface area (TPSA) is 94.3 Å².